The Morgan fingerprint density at radius 2 is 2.18 bits per heavy atom. The minimum absolute atomic E-state index is 0.179. The highest BCUT2D eigenvalue weighted by Crippen LogP contribution is 2.32. The van der Waals surface area contributed by atoms with E-state index >= 15 is 0 Å². The number of nitrogens with zero attached hydrogens (tertiary/aromatic N) is 6. The first-order chi connectivity index (χ1) is 13.3. The van der Waals surface area contributed by atoms with Crippen LogP contribution in [0.25, 0.3) is 11.0 Å². The van der Waals surface area contributed by atoms with E-state index < -0.39 is 6.04 Å². The lowest BCUT2D eigenvalue weighted by molar-refractivity contribution is 0.180. The van der Waals surface area contributed by atoms with Crippen molar-refractivity contribution in [2.75, 3.05) is 25.2 Å². The van der Waals surface area contributed by atoms with Crippen LogP contribution >= 0.6 is 0 Å². The van der Waals surface area contributed by atoms with Crippen molar-refractivity contribution in [1.29, 1.82) is 5.41 Å². The van der Waals surface area contributed by atoms with Crippen LogP contribution in [-0.2, 0) is 16.7 Å². The molecule has 0 saturated carbocycles. The first-order valence-corrected chi connectivity index (χ1v) is 9.65. The first-order valence-electron chi connectivity index (χ1n) is 9.65. The van der Waals surface area contributed by atoms with Crippen LogP contribution in [0.5, 0.6) is 0 Å². The Morgan fingerprint density at radius 3 is 2.82 bits per heavy atom. The van der Waals surface area contributed by atoms with Crippen molar-refractivity contribution in [3.05, 3.63) is 16.9 Å². The van der Waals surface area contributed by atoms with Gasteiger partial charge in [-0.3, -0.25) is 0 Å². The fourth-order valence-corrected chi connectivity index (χ4v) is 3.45. The quantitative estimate of drug-likeness (QED) is 0.578. The summed E-state index contributed by atoms with van der Waals surface area (Å²) in [5.74, 6) is 1.60. The summed E-state index contributed by atoms with van der Waals surface area (Å²) in [4.78, 5) is 22.8. The van der Waals surface area contributed by atoms with Crippen LogP contribution < -0.4 is 4.90 Å². The maximum atomic E-state index is 10.8. The molecule has 1 saturated heterocycles. The van der Waals surface area contributed by atoms with Crippen LogP contribution in [-0.4, -0.2) is 57.8 Å². The molecule has 1 aliphatic heterocycles. The molecule has 0 radical (unpaired) electrons. The van der Waals surface area contributed by atoms with Crippen LogP contribution in [0, 0.1) is 10.3 Å². The summed E-state index contributed by atoms with van der Waals surface area (Å²) in [6.07, 6.45) is 3.91. The van der Waals surface area contributed by atoms with Gasteiger partial charge in [-0.2, -0.15) is 10.0 Å². The second kappa shape index (κ2) is 7.90. The monoisotopic (exact) mass is 387 g/mol. The van der Waals surface area contributed by atoms with Crippen LogP contribution in [0.3, 0.4) is 0 Å². The second-order valence-corrected chi connectivity index (χ2v) is 8.41. The number of nitrogens with one attached hydrogen (secondary N) is 1. The van der Waals surface area contributed by atoms with Crippen LogP contribution in [0.1, 0.15) is 46.4 Å². The Morgan fingerprint density at radius 1 is 1.43 bits per heavy atom. The normalized spacial score (nSPS) is 18.6. The summed E-state index contributed by atoms with van der Waals surface area (Å²) in [5, 5.41) is 16.4. The van der Waals surface area contributed by atoms with Gasteiger partial charge in [0.15, 0.2) is 5.65 Å². The van der Waals surface area contributed by atoms with E-state index in [-0.39, 0.29) is 23.7 Å². The number of nitroso groups, excluding NO2 is 1. The molecule has 1 N–H and O–H groups in total. The largest absolute Gasteiger partial charge is 0.383 e. The van der Waals surface area contributed by atoms with Crippen molar-refractivity contribution in [3.8, 4) is 0 Å². The van der Waals surface area contributed by atoms with E-state index in [9.17, 15) is 4.91 Å². The van der Waals surface area contributed by atoms with Crippen molar-refractivity contribution in [1.82, 2.24) is 19.7 Å². The van der Waals surface area contributed by atoms with Gasteiger partial charge in [0, 0.05) is 19.1 Å². The highest BCUT2D eigenvalue weighted by atomic mass is 16.5. The summed E-state index contributed by atoms with van der Waals surface area (Å²) < 4.78 is 7.08. The molecule has 2 aromatic heterocycles. The smallest absolute Gasteiger partial charge is 0.164 e. The predicted octanol–water partition coefficient (Wildman–Crippen LogP) is 2.91. The van der Waals surface area contributed by atoms with Gasteiger partial charge in [0.2, 0.25) is 0 Å². The topological polar surface area (TPSA) is 109 Å². The van der Waals surface area contributed by atoms with E-state index in [2.05, 4.69) is 35.9 Å². The molecule has 9 heteroatoms. The zero-order chi connectivity index (χ0) is 20.5. The molecule has 2 aromatic rings. The Hall–Kier alpha value is -2.42. The SMILES string of the molecule is COCC1CCCN1c1nc(C(C)(C)C)nc2c1cnn2CC(=N)C(C)N=O. The van der Waals surface area contributed by atoms with E-state index in [4.69, 9.17) is 20.1 Å². The molecule has 1 fully saturated rings. The van der Waals surface area contributed by atoms with Gasteiger partial charge in [-0.1, -0.05) is 25.9 Å². The molecule has 0 bridgehead atoms. The van der Waals surface area contributed by atoms with Gasteiger partial charge < -0.3 is 15.0 Å². The number of methoxy groups -OCH3 is 1. The van der Waals surface area contributed by atoms with Crippen molar-refractivity contribution >= 4 is 22.6 Å². The molecule has 152 valence electrons. The van der Waals surface area contributed by atoms with E-state index in [0.29, 0.717) is 12.3 Å². The Labute approximate surface area is 165 Å². The minimum Gasteiger partial charge on any atom is -0.383 e. The molecule has 2 unspecified atom stereocenters. The molecular weight excluding hydrogens is 358 g/mol. The van der Waals surface area contributed by atoms with Gasteiger partial charge in [0.1, 0.15) is 17.7 Å². The standard InChI is InChI=1S/C19H29N7O2/c1-12(24-27)15(20)10-26-17-14(9-21-26)16(22-18(23-17)19(2,3)4)25-8-6-7-13(25)11-28-5/h9,12-13,20H,6-8,10-11H2,1-5H3. The van der Waals surface area contributed by atoms with Gasteiger partial charge in [-0.05, 0) is 19.8 Å². The number of ether oxygens (including phenoxy) is 1. The third-order valence-electron chi connectivity index (χ3n) is 5.14. The summed E-state index contributed by atoms with van der Waals surface area (Å²) in [6, 6.07) is -0.413. The number of anilines is 1. The molecule has 1 aliphatic rings. The van der Waals surface area contributed by atoms with Crippen LogP contribution in [0.4, 0.5) is 5.82 Å². The number of fused-ring (bicyclic) bond motifs is 1. The minimum atomic E-state index is -0.688. The average molecular weight is 387 g/mol. The van der Waals surface area contributed by atoms with Crippen molar-refractivity contribution in [2.24, 2.45) is 5.18 Å². The van der Waals surface area contributed by atoms with Crippen molar-refractivity contribution in [3.63, 3.8) is 0 Å². The Kier molecular flexibility index (Phi) is 5.74. The molecule has 3 heterocycles. The van der Waals surface area contributed by atoms with Crippen molar-refractivity contribution < 1.29 is 4.74 Å². The summed E-state index contributed by atoms with van der Waals surface area (Å²) in [5.41, 5.74) is 0.649. The van der Waals surface area contributed by atoms with E-state index in [1.54, 1.807) is 24.9 Å². The predicted molar refractivity (Wildman–Crippen MR) is 109 cm³/mol. The maximum absolute atomic E-state index is 10.8. The number of hydrogen-bond acceptors (Lipinski definition) is 8. The summed E-state index contributed by atoms with van der Waals surface area (Å²) in [7, 11) is 1.72. The molecule has 3 rings (SSSR count). The maximum Gasteiger partial charge on any atom is 0.164 e. The summed E-state index contributed by atoms with van der Waals surface area (Å²) in [6.45, 7) is 9.59. The number of hydrogen-bond donors (Lipinski definition) is 1. The van der Waals surface area contributed by atoms with E-state index in [0.717, 1.165) is 36.4 Å². The lowest BCUT2D eigenvalue weighted by Crippen LogP contribution is -2.34. The van der Waals surface area contributed by atoms with Gasteiger partial charge >= 0.3 is 0 Å². The molecule has 0 aliphatic carbocycles. The third-order valence-corrected chi connectivity index (χ3v) is 5.14. The van der Waals surface area contributed by atoms with E-state index in [1.165, 1.54) is 0 Å². The fourth-order valence-electron chi connectivity index (χ4n) is 3.45. The van der Waals surface area contributed by atoms with Gasteiger partial charge in [-0.25, -0.2) is 14.6 Å². The lowest BCUT2D eigenvalue weighted by Gasteiger charge is -2.27. The lowest BCUT2D eigenvalue weighted by atomic mass is 9.95. The second-order valence-electron chi connectivity index (χ2n) is 8.41. The molecule has 0 amide bonds. The average Bonchev–Trinajstić information content (AvgIpc) is 3.27. The van der Waals surface area contributed by atoms with Crippen LogP contribution in [0.2, 0.25) is 0 Å². The summed E-state index contributed by atoms with van der Waals surface area (Å²) >= 11 is 0. The number of aromatic nitrogens is 4. The highest BCUT2D eigenvalue weighted by Gasteiger charge is 2.30. The molecule has 2 atom stereocenters. The Balaban J connectivity index is 2.10. The van der Waals surface area contributed by atoms with Gasteiger partial charge in [0.05, 0.1) is 36.5 Å². The zero-order valence-electron chi connectivity index (χ0n) is 17.3. The molecule has 0 aromatic carbocycles. The highest BCUT2D eigenvalue weighted by molar-refractivity contribution is 5.90. The zero-order valence-corrected chi connectivity index (χ0v) is 17.3. The molecule has 0 spiro atoms. The third kappa shape index (κ3) is 3.89. The molecular formula is C19H29N7O2. The van der Waals surface area contributed by atoms with E-state index in [1.807, 2.05) is 0 Å². The fraction of sp³-hybridized carbons (Fsp3) is 0.684. The van der Waals surface area contributed by atoms with Crippen LogP contribution in [0.15, 0.2) is 11.4 Å². The molecule has 28 heavy (non-hydrogen) atoms. The van der Waals surface area contributed by atoms with Gasteiger partial charge in [-0.15, -0.1) is 0 Å². The van der Waals surface area contributed by atoms with Gasteiger partial charge in [0.25, 0.3) is 0 Å². The Bertz CT molecular complexity index is 871. The molecule has 9 nitrogen and oxygen atoms in total. The number of rotatable bonds is 7. The van der Waals surface area contributed by atoms with Crippen molar-refractivity contribution in [2.45, 2.75) is 64.6 Å². The first kappa shape index (κ1) is 20.3.